The molecule has 1 aromatic carbocycles. The van der Waals surface area contributed by atoms with Crippen molar-refractivity contribution < 1.29 is 23.4 Å². The number of carbonyl (C=O) groups excluding carboxylic acids is 1. The Balaban J connectivity index is 1.86. The molecule has 0 aromatic heterocycles. The zero-order chi connectivity index (χ0) is 19.4. The number of aliphatic hydroxyl groups is 1. The third-order valence-corrected chi connectivity index (χ3v) is 5.18. The van der Waals surface area contributed by atoms with Gasteiger partial charge in [-0.25, -0.2) is 8.78 Å². The first-order chi connectivity index (χ1) is 12.9. The highest BCUT2D eigenvalue weighted by molar-refractivity contribution is 6.01. The first-order valence-electron chi connectivity index (χ1n) is 9.34. The molecule has 6 heteroatoms. The summed E-state index contributed by atoms with van der Waals surface area (Å²) in [5, 5.41) is 9.29. The van der Waals surface area contributed by atoms with Crippen LogP contribution in [0.2, 0.25) is 0 Å². The largest absolute Gasteiger partial charge is 0.492 e. The standard InChI is InChI=1S/C21H25F2NO3/c1-2-19(26)24(10-11-25)18-13-16(20-17(14-18)7-12-27-20)4-3-15-5-8-21(22,23)9-6-15/h2-4,13-15,25H,1,5-12H2/b4-3+. The van der Waals surface area contributed by atoms with Gasteiger partial charge in [0.15, 0.2) is 0 Å². The van der Waals surface area contributed by atoms with Crippen LogP contribution in [0, 0.1) is 5.92 Å². The normalized spacial score (nSPS) is 18.9. The van der Waals surface area contributed by atoms with Crippen molar-refractivity contribution in [3.8, 4) is 5.75 Å². The number of allylic oxidation sites excluding steroid dienone is 1. The molecule has 0 unspecified atom stereocenters. The maximum absolute atomic E-state index is 13.3. The summed E-state index contributed by atoms with van der Waals surface area (Å²) >= 11 is 0. The fourth-order valence-electron chi connectivity index (χ4n) is 3.67. The minimum absolute atomic E-state index is 0.0746. The van der Waals surface area contributed by atoms with Crippen LogP contribution in [-0.2, 0) is 11.2 Å². The molecule has 1 aliphatic heterocycles. The number of fused-ring (bicyclic) bond motifs is 1. The Hall–Kier alpha value is -2.21. The maximum atomic E-state index is 13.3. The number of benzene rings is 1. The van der Waals surface area contributed by atoms with E-state index in [-0.39, 0.29) is 37.8 Å². The number of anilines is 1. The van der Waals surface area contributed by atoms with Crippen molar-refractivity contribution in [1.29, 1.82) is 0 Å². The smallest absolute Gasteiger partial charge is 0.250 e. The van der Waals surface area contributed by atoms with Crippen molar-refractivity contribution >= 4 is 17.7 Å². The van der Waals surface area contributed by atoms with Crippen molar-refractivity contribution in [3.63, 3.8) is 0 Å². The molecular weight excluding hydrogens is 352 g/mol. The van der Waals surface area contributed by atoms with Crippen molar-refractivity contribution in [2.45, 2.75) is 38.0 Å². The molecule has 1 fully saturated rings. The van der Waals surface area contributed by atoms with Crippen LogP contribution in [0.1, 0.15) is 36.8 Å². The lowest BCUT2D eigenvalue weighted by molar-refractivity contribution is -0.114. The number of nitrogens with zero attached hydrogens (tertiary/aromatic N) is 1. The minimum atomic E-state index is -2.54. The van der Waals surface area contributed by atoms with Gasteiger partial charge in [-0.1, -0.05) is 18.7 Å². The van der Waals surface area contributed by atoms with E-state index in [0.717, 1.165) is 23.3 Å². The van der Waals surface area contributed by atoms with E-state index in [0.29, 0.717) is 25.1 Å². The van der Waals surface area contributed by atoms with Gasteiger partial charge in [0.25, 0.3) is 0 Å². The highest BCUT2D eigenvalue weighted by Gasteiger charge is 2.34. The van der Waals surface area contributed by atoms with Gasteiger partial charge >= 0.3 is 0 Å². The highest BCUT2D eigenvalue weighted by atomic mass is 19.3. The van der Waals surface area contributed by atoms with E-state index in [9.17, 15) is 18.7 Å². The van der Waals surface area contributed by atoms with E-state index in [1.165, 1.54) is 11.0 Å². The van der Waals surface area contributed by atoms with Crippen molar-refractivity contribution in [2.24, 2.45) is 5.92 Å². The van der Waals surface area contributed by atoms with Gasteiger partial charge in [-0.2, -0.15) is 0 Å². The Morgan fingerprint density at radius 3 is 2.78 bits per heavy atom. The Kier molecular flexibility index (Phi) is 5.95. The third-order valence-electron chi connectivity index (χ3n) is 5.18. The van der Waals surface area contributed by atoms with Gasteiger partial charge in [-0.15, -0.1) is 0 Å². The molecule has 0 radical (unpaired) electrons. The first-order valence-corrected chi connectivity index (χ1v) is 9.34. The molecule has 27 heavy (non-hydrogen) atoms. The van der Waals surface area contributed by atoms with E-state index in [2.05, 4.69) is 6.58 Å². The monoisotopic (exact) mass is 377 g/mol. The summed E-state index contributed by atoms with van der Waals surface area (Å²) in [7, 11) is 0. The van der Waals surface area contributed by atoms with Crippen LogP contribution >= 0.6 is 0 Å². The summed E-state index contributed by atoms with van der Waals surface area (Å²) < 4.78 is 32.4. The molecule has 1 N–H and O–H groups in total. The average Bonchev–Trinajstić information content (AvgIpc) is 3.13. The lowest BCUT2D eigenvalue weighted by Crippen LogP contribution is -2.32. The topological polar surface area (TPSA) is 49.8 Å². The van der Waals surface area contributed by atoms with Crippen LogP contribution in [0.15, 0.2) is 30.9 Å². The second-order valence-electron chi connectivity index (χ2n) is 7.09. The summed E-state index contributed by atoms with van der Waals surface area (Å²) in [5.74, 6) is -1.92. The van der Waals surface area contributed by atoms with Crippen LogP contribution in [-0.4, -0.2) is 36.7 Å². The Morgan fingerprint density at radius 1 is 1.37 bits per heavy atom. The number of halogens is 2. The number of ether oxygens (including phenoxy) is 1. The van der Waals surface area contributed by atoms with Crippen molar-refractivity contribution in [1.82, 2.24) is 0 Å². The van der Waals surface area contributed by atoms with Crippen molar-refractivity contribution in [3.05, 3.63) is 42.0 Å². The minimum Gasteiger partial charge on any atom is -0.492 e. The van der Waals surface area contributed by atoms with Crippen LogP contribution < -0.4 is 9.64 Å². The molecule has 0 saturated heterocycles. The summed E-state index contributed by atoms with van der Waals surface area (Å²) in [6.45, 7) is 4.11. The molecule has 2 aliphatic rings. The summed E-state index contributed by atoms with van der Waals surface area (Å²) in [6, 6.07) is 3.74. The number of amides is 1. The van der Waals surface area contributed by atoms with Crippen LogP contribution in [0.25, 0.3) is 6.08 Å². The molecule has 1 amide bonds. The number of alkyl halides is 2. The van der Waals surface area contributed by atoms with Gasteiger partial charge in [0.05, 0.1) is 13.2 Å². The summed E-state index contributed by atoms with van der Waals surface area (Å²) in [4.78, 5) is 13.6. The lowest BCUT2D eigenvalue weighted by atomic mass is 9.86. The first kappa shape index (κ1) is 19.5. The van der Waals surface area contributed by atoms with Gasteiger partial charge in [0.2, 0.25) is 11.8 Å². The molecule has 4 nitrogen and oxygen atoms in total. The fourth-order valence-corrected chi connectivity index (χ4v) is 3.67. The number of carbonyl (C=O) groups is 1. The summed E-state index contributed by atoms with van der Waals surface area (Å²) in [5.41, 5.74) is 2.51. The Labute approximate surface area is 158 Å². The van der Waals surface area contributed by atoms with E-state index < -0.39 is 5.92 Å². The van der Waals surface area contributed by atoms with E-state index in [1.54, 1.807) is 0 Å². The van der Waals surface area contributed by atoms with Crippen LogP contribution in [0.4, 0.5) is 14.5 Å². The molecule has 0 bridgehead atoms. The molecular formula is C21H25F2NO3. The SMILES string of the molecule is C=CC(=O)N(CCO)c1cc(/C=C/C2CCC(F)(F)CC2)c2c(c1)CCO2. The molecule has 0 atom stereocenters. The number of hydrogen-bond donors (Lipinski definition) is 1. The lowest BCUT2D eigenvalue weighted by Gasteiger charge is -2.26. The third kappa shape index (κ3) is 4.56. The maximum Gasteiger partial charge on any atom is 0.250 e. The Bertz CT molecular complexity index is 735. The second-order valence-corrected chi connectivity index (χ2v) is 7.09. The van der Waals surface area contributed by atoms with Crippen LogP contribution in [0.5, 0.6) is 5.75 Å². The van der Waals surface area contributed by atoms with Crippen LogP contribution in [0.3, 0.4) is 0 Å². The zero-order valence-corrected chi connectivity index (χ0v) is 15.3. The second kappa shape index (κ2) is 8.21. The fraction of sp³-hybridized carbons (Fsp3) is 0.476. The predicted molar refractivity (Wildman–Crippen MR) is 101 cm³/mol. The molecule has 1 saturated carbocycles. The van der Waals surface area contributed by atoms with E-state index in [4.69, 9.17) is 4.74 Å². The molecule has 0 spiro atoms. The van der Waals surface area contributed by atoms with Gasteiger partial charge in [0, 0.05) is 42.6 Å². The predicted octanol–water partition coefficient (Wildman–Crippen LogP) is 3.97. The van der Waals surface area contributed by atoms with Crippen molar-refractivity contribution in [2.75, 3.05) is 24.7 Å². The number of aliphatic hydroxyl groups excluding tert-OH is 1. The average molecular weight is 377 g/mol. The molecule has 1 heterocycles. The number of rotatable bonds is 6. The molecule has 1 aliphatic carbocycles. The Morgan fingerprint density at radius 2 is 2.11 bits per heavy atom. The van der Waals surface area contributed by atoms with Gasteiger partial charge in [0.1, 0.15) is 5.75 Å². The number of hydrogen-bond acceptors (Lipinski definition) is 3. The molecule has 1 aromatic rings. The quantitative estimate of drug-likeness (QED) is 0.763. The highest BCUT2D eigenvalue weighted by Crippen LogP contribution is 2.39. The summed E-state index contributed by atoms with van der Waals surface area (Å²) in [6.07, 6.45) is 6.64. The van der Waals surface area contributed by atoms with Gasteiger partial charge in [-0.05, 0) is 37.0 Å². The zero-order valence-electron chi connectivity index (χ0n) is 15.3. The van der Waals surface area contributed by atoms with Gasteiger partial charge in [-0.3, -0.25) is 4.79 Å². The molecule has 3 rings (SSSR count). The van der Waals surface area contributed by atoms with E-state index >= 15 is 0 Å². The molecule has 146 valence electrons. The van der Waals surface area contributed by atoms with E-state index in [1.807, 2.05) is 24.3 Å². The van der Waals surface area contributed by atoms with Gasteiger partial charge < -0.3 is 14.7 Å².